The Bertz CT molecular complexity index is 571. The van der Waals surface area contributed by atoms with Gasteiger partial charge in [-0.05, 0) is 35.4 Å². The molecule has 92 valence electrons. The minimum absolute atomic E-state index is 0.261. The standard InChI is InChI=1S/C13H10F2N2O/c14-11-3-1-9(2-4-11)13(16,8-18)10-5-6-17-12(15)7-10/h1-8H,16H2. The van der Waals surface area contributed by atoms with Crippen molar-refractivity contribution in [2.45, 2.75) is 5.54 Å². The Morgan fingerprint density at radius 1 is 1.11 bits per heavy atom. The van der Waals surface area contributed by atoms with Crippen molar-refractivity contribution in [1.29, 1.82) is 0 Å². The second kappa shape index (κ2) is 4.62. The lowest BCUT2D eigenvalue weighted by Gasteiger charge is -2.24. The van der Waals surface area contributed by atoms with Gasteiger partial charge in [-0.1, -0.05) is 12.1 Å². The van der Waals surface area contributed by atoms with Gasteiger partial charge in [-0.25, -0.2) is 9.37 Å². The Morgan fingerprint density at radius 2 is 1.78 bits per heavy atom. The average molecular weight is 248 g/mol. The summed E-state index contributed by atoms with van der Waals surface area (Å²) in [4.78, 5) is 14.7. The molecular formula is C13H10F2N2O. The van der Waals surface area contributed by atoms with Crippen molar-refractivity contribution in [3.05, 3.63) is 65.5 Å². The Morgan fingerprint density at radius 3 is 2.33 bits per heavy atom. The van der Waals surface area contributed by atoms with Crippen LogP contribution in [0.25, 0.3) is 0 Å². The summed E-state index contributed by atoms with van der Waals surface area (Å²) in [6.45, 7) is 0. The molecule has 18 heavy (non-hydrogen) atoms. The molecule has 2 N–H and O–H groups in total. The second-order valence-corrected chi connectivity index (χ2v) is 3.86. The van der Waals surface area contributed by atoms with Gasteiger partial charge in [-0.2, -0.15) is 4.39 Å². The SMILES string of the molecule is NC(C=O)(c1ccc(F)cc1)c1ccnc(F)c1. The molecule has 0 saturated heterocycles. The fourth-order valence-corrected chi connectivity index (χ4v) is 1.69. The van der Waals surface area contributed by atoms with E-state index in [0.717, 1.165) is 6.07 Å². The number of aldehydes is 1. The quantitative estimate of drug-likeness (QED) is 0.665. The maximum absolute atomic E-state index is 13.1. The number of carbonyl (C=O) groups excluding carboxylic acids is 1. The van der Waals surface area contributed by atoms with Crippen molar-refractivity contribution >= 4 is 6.29 Å². The number of halogens is 2. The van der Waals surface area contributed by atoms with Gasteiger partial charge in [0.1, 0.15) is 17.6 Å². The molecule has 5 heteroatoms. The highest BCUT2D eigenvalue weighted by Crippen LogP contribution is 2.25. The highest BCUT2D eigenvalue weighted by atomic mass is 19.1. The number of pyridine rings is 1. The van der Waals surface area contributed by atoms with E-state index >= 15 is 0 Å². The predicted molar refractivity (Wildman–Crippen MR) is 61.6 cm³/mol. The third-order valence-corrected chi connectivity index (χ3v) is 2.71. The third kappa shape index (κ3) is 2.12. The molecule has 1 aromatic carbocycles. The molecule has 0 fully saturated rings. The molecule has 1 heterocycles. The number of nitrogens with two attached hydrogens (primary N) is 1. The lowest BCUT2D eigenvalue weighted by molar-refractivity contribution is -0.111. The lowest BCUT2D eigenvalue weighted by atomic mass is 9.86. The van der Waals surface area contributed by atoms with Crippen LogP contribution in [-0.2, 0) is 10.3 Å². The van der Waals surface area contributed by atoms with E-state index in [4.69, 9.17) is 5.73 Å². The van der Waals surface area contributed by atoms with E-state index < -0.39 is 17.3 Å². The molecule has 2 rings (SSSR count). The van der Waals surface area contributed by atoms with Crippen LogP contribution in [0, 0.1) is 11.8 Å². The molecule has 0 amide bonds. The van der Waals surface area contributed by atoms with Crippen LogP contribution in [0.3, 0.4) is 0 Å². The van der Waals surface area contributed by atoms with Gasteiger partial charge in [0.15, 0.2) is 0 Å². The van der Waals surface area contributed by atoms with Crippen molar-refractivity contribution in [1.82, 2.24) is 4.98 Å². The van der Waals surface area contributed by atoms with Crippen LogP contribution in [0.4, 0.5) is 8.78 Å². The summed E-state index contributed by atoms with van der Waals surface area (Å²) in [5, 5.41) is 0. The molecule has 0 aliphatic carbocycles. The smallest absolute Gasteiger partial charge is 0.213 e. The number of aromatic nitrogens is 1. The number of nitrogens with zero attached hydrogens (tertiary/aromatic N) is 1. The fraction of sp³-hybridized carbons (Fsp3) is 0.0769. The van der Waals surface area contributed by atoms with E-state index in [9.17, 15) is 13.6 Å². The van der Waals surface area contributed by atoms with Crippen LogP contribution in [0.1, 0.15) is 11.1 Å². The van der Waals surface area contributed by atoms with Crippen molar-refractivity contribution < 1.29 is 13.6 Å². The summed E-state index contributed by atoms with van der Waals surface area (Å²) in [7, 11) is 0. The van der Waals surface area contributed by atoms with Crippen LogP contribution in [-0.4, -0.2) is 11.3 Å². The average Bonchev–Trinajstić information content (AvgIpc) is 2.38. The zero-order valence-corrected chi connectivity index (χ0v) is 9.31. The van der Waals surface area contributed by atoms with E-state index in [-0.39, 0.29) is 5.56 Å². The Hall–Kier alpha value is -2.14. The predicted octanol–water partition coefficient (Wildman–Crippen LogP) is 1.76. The van der Waals surface area contributed by atoms with Gasteiger partial charge in [0.2, 0.25) is 5.95 Å². The van der Waals surface area contributed by atoms with Crippen LogP contribution < -0.4 is 5.73 Å². The van der Waals surface area contributed by atoms with Gasteiger partial charge in [0, 0.05) is 6.20 Å². The lowest BCUT2D eigenvalue weighted by Crippen LogP contribution is -2.39. The molecule has 1 atom stereocenters. The van der Waals surface area contributed by atoms with Crippen molar-refractivity contribution in [2.75, 3.05) is 0 Å². The minimum Gasteiger partial charge on any atom is -0.312 e. The van der Waals surface area contributed by atoms with Gasteiger partial charge < -0.3 is 10.5 Å². The van der Waals surface area contributed by atoms with E-state index in [1.54, 1.807) is 0 Å². The zero-order chi connectivity index (χ0) is 13.2. The van der Waals surface area contributed by atoms with Gasteiger partial charge in [0.25, 0.3) is 0 Å². The van der Waals surface area contributed by atoms with Crippen LogP contribution in [0.15, 0.2) is 42.6 Å². The molecule has 3 nitrogen and oxygen atoms in total. The first kappa shape index (κ1) is 12.3. The maximum Gasteiger partial charge on any atom is 0.213 e. The Balaban J connectivity index is 2.54. The highest BCUT2D eigenvalue weighted by molar-refractivity contribution is 5.73. The highest BCUT2D eigenvalue weighted by Gasteiger charge is 2.29. The zero-order valence-electron chi connectivity index (χ0n) is 9.31. The van der Waals surface area contributed by atoms with Crippen molar-refractivity contribution in [3.8, 4) is 0 Å². The normalized spacial score (nSPS) is 13.9. The van der Waals surface area contributed by atoms with E-state index in [0.29, 0.717) is 11.8 Å². The second-order valence-electron chi connectivity index (χ2n) is 3.86. The minimum atomic E-state index is -1.52. The number of rotatable bonds is 3. The van der Waals surface area contributed by atoms with Gasteiger partial charge >= 0.3 is 0 Å². The molecule has 0 spiro atoms. The summed E-state index contributed by atoms with van der Waals surface area (Å²) >= 11 is 0. The van der Waals surface area contributed by atoms with E-state index in [1.807, 2.05) is 0 Å². The first-order valence-corrected chi connectivity index (χ1v) is 5.19. The van der Waals surface area contributed by atoms with E-state index in [2.05, 4.69) is 4.98 Å². The van der Waals surface area contributed by atoms with Crippen molar-refractivity contribution in [2.24, 2.45) is 5.73 Å². The summed E-state index contributed by atoms with van der Waals surface area (Å²) in [6, 6.07) is 7.69. The molecule has 0 saturated carbocycles. The topological polar surface area (TPSA) is 56.0 Å². The fourth-order valence-electron chi connectivity index (χ4n) is 1.69. The summed E-state index contributed by atoms with van der Waals surface area (Å²) < 4.78 is 25.9. The number of carbonyl (C=O) groups is 1. The summed E-state index contributed by atoms with van der Waals surface area (Å²) in [5.74, 6) is -1.17. The molecule has 1 unspecified atom stereocenters. The molecule has 0 aliphatic heterocycles. The van der Waals surface area contributed by atoms with Gasteiger partial charge in [-0.15, -0.1) is 0 Å². The van der Waals surface area contributed by atoms with Crippen molar-refractivity contribution in [3.63, 3.8) is 0 Å². The Kier molecular flexibility index (Phi) is 3.16. The Labute approximate surface area is 102 Å². The number of benzene rings is 1. The largest absolute Gasteiger partial charge is 0.312 e. The van der Waals surface area contributed by atoms with Gasteiger partial charge in [-0.3, -0.25) is 0 Å². The molecule has 0 aliphatic rings. The molecule has 2 aromatic rings. The molecule has 0 radical (unpaired) electrons. The number of hydrogen-bond donors (Lipinski definition) is 1. The maximum atomic E-state index is 13.1. The summed E-state index contributed by atoms with van der Waals surface area (Å²) in [6.07, 6.45) is 1.72. The van der Waals surface area contributed by atoms with Crippen LogP contribution in [0.5, 0.6) is 0 Å². The first-order chi connectivity index (χ1) is 8.56. The molecule has 0 bridgehead atoms. The van der Waals surface area contributed by atoms with Crippen LogP contribution >= 0.6 is 0 Å². The molecular weight excluding hydrogens is 238 g/mol. The van der Waals surface area contributed by atoms with Gasteiger partial charge in [0.05, 0.1) is 0 Å². The summed E-state index contributed by atoms with van der Waals surface area (Å²) in [5.41, 5.74) is 5.10. The molecule has 1 aromatic heterocycles. The third-order valence-electron chi connectivity index (χ3n) is 2.71. The first-order valence-electron chi connectivity index (χ1n) is 5.19. The van der Waals surface area contributed by atoms with Crippen LogP contribution in [0.2, 0.25) is 0 Å². The van der Waals surface area contributed by atoms with E-state index in [1.165, 1.54) is 36.5 Å². The number of hydrogen-bond acceptors (Lipinski definition) is 3. The monoisotopic (exact) mass is 248 g/mol.